The van der Waals surface area contributed by atoms with Crippen LogP contribution in [0.2, 0.25) is 0 Å². The summed E-state index contributed by atoms with van der Waals surface area (Å²) in [6.07, 6.45) is 9.22. The molecule has 4 nitrogen and oxygen atoms in total. The number of aliphatic hydroxyl groups is 2. The Bertz CT molecular complexity index is 1030. The van der Waals surface area contributed by atoms with Gasteiger partial charge in [0.25, 0.3) is 0 Å². The van der Waals surface area contributed by atoms with E-state index in [0.29, 0.717) is 18.8 Å². The van der Waals surface area contributed by atoms with Crippen LogP contribution in [-0.2, 0) is 4.79 Å². The van der Waals surface area contributed by atoms with Crippen LogP contribution in [0.3, 0.4) is 0 Å². The van der Waals surface area contributed by atoms with Crippen LogP contribution in [0.5, 0.6) is 0 Å². The molecule has 0 heterocycles. The summed E-state index contributed by atoms with van der Waals surface area (Å²) in [5.74, 6) is -1.03. The van der Waals surface area contributed by atoms with Gasteiger partial charge in [-0.15, -0.1) is 0 Å². The summed E-state index contributed by atoms with van der Waals surface area (Å²) in [6, 6.07) is 0. The first kappa shape index (κ1) is 27.6. The largest absolute Gasteiger partial charge is 0.481 e. The molecule has 0 saturated heterocycles. The van der Waals surface area contributed by atoms with Crippen LogP contribution in [0, 0.1) is 38.9 Å². The van der Waals surface area contributed by atoms with Crippen molar-refractivity contribution >= 4 is 5.97 Å². The fourth-order valence-electron chi connectivity index (χ4n) is 9.29. The molecule has 0 spiro atoms. The molecular formula is C32H50O4. The Morgan fingerprint density at radius 1 is 1.00 bits per heavy atom. The molecule has 2 saturated carbocycles. The molecule has 4 aliphatic carbocycles. The zero-order chi connectivity index (χ0) is 27.1. The summed E-state index contributed by atoms with van der Waals surface area (Å²) >= 11 is 0. The van der Waals surface area contributed by atoms with Crippen molar-refractivity contribution in [2.75, 3.05) is 0 Å². The molecule has 36 heavy (non-hydrogen) atoms. The van der Waals surface area contributed by atoms with E-state index in [1.807, 2.05) is 0 Å². The van der Waals surface area contributed by atoms with E-state index in [1.54, 1.807) is 0 Å². The van der Waals surface area contributed by atoms with Gasteiger partial charge in [0.1, 0.15) is 0 Å². The average molecular weight is 499 g/mol. The summed E-state index contributed by atoms with van der Waals surface area (Å²) in [5, 5.41) is 33.1. The molecule has 4 rings (SSSR count). The Balaban J connectivity index is 1.79. The smallest absolute Gasteiger partial charge is 0.307 e. The number of carbonyl (C=O) groups is 1. The van der Waals surface area contributed by atoms with Gasteiger partial charge in [-0.25, -0.2) is 0 Å². The maximum Gasteiger partial charge on any atom is 0.307 e. The topological polar surface area (TPSA) is 77.8 Å². The predicted molar refractivity (Wildman–Crippen MR) is 145 cm³/mol. The van der Waals surface area contributed by atoms with Crippen molar-refractivity contribution in [1.82, 2.24) is 0 Å². The summed E-state index contributed by atoms with van der Waals surface area (Å²) in [4.78, 5) is 12.8. The minimum absolute atomic E-state index is 0.00610. The highest BCUT2D eigenvalue weighted by molar-refractivity contribution is 5.72. The van der Waals surface area contributed by atoms with Crippen molar-refractivity contribution in [1.29, 1.82) is 0 Å². The van der Waals surface area contributed by atoms with Gasteiger partial charge < -0.3 is 15.3 Å². The Kier molecular flexibility index (Phi) is 6.57. The van der Waals surface area contributed by atoms with Gasteiger partial charge in [-0.1, -0.05) is 64.8 Å². The number of rotatable bonds is 5. The second-order valence-corrected chi connectivity index (χ2v) is 14.4. The van der Waals surface area contributed by atoms with Crippen LogP contribution in [0.1, 0.15) is 107 Å². The number of allylic oxidation sites excluding steroid dienone is 6. The Morgan fingerprint density at radius 3 is 2.22 bits per heavy atom. The van der Waals surface area contributed by atoms with Crippen molar-refractivity contribution < 1.29 is 20.1 Å². The van der Waals surface area contributed by atoms with Crippen LogP contribution in [0.15, 0.2) is 34.4 Å². The number of aliphatic hydroxyl groups excluding tert-OH is 2. The molecule has 4 heteroatoms. The van der Waals surface area contributed by atoms with Gasteiger partial charge in [-0.2, -0.15) is 0 Å². The van der Waals surface area contributed by atoms with Gasteiger partial charge in [0.2, 0.25) is 0 Å². The van der Waals surface area contributed by atoms with Gasteiger partial charge in [0, 0.05) is 10.8 Å². The molecule has 3 N–H and O–H groups in total. The lowest BCUT2D eigenvalue weighted by molar-refractivity contribution is -0.158. The minimum Gasteiger partial charge on any atom is -0.481 e. The summed E-state index contributed by atoms with van der Waals surface area (Å²) in [5.41, 5.74) is 3.67. The Morgan fingerprint density at radius 2 is 1.64 bits per heavy atom. The third kappa shape index (κ3) is 3.42. The van der Waals surface area contributed by atoms with E-state index in [2.05, 4.69) is 74.5 Å². The van der Waals surface area contributed by atoms with Crippen LogP contribution in [0.4, 0.5) is 0 Å². The lowest BCUT2D eigenvalue weighted by atomic mass is 9.42. The van der Waals surface area contributed by atoms with E-state index in [-0.39, 0.29) is 27.8 Å². The number of carboxylic acids is 1. The van der Waals surface area contributed by atoms with Gasteiger partial charge in [-0.05, 0) is 99.0 Å². The molecule has 0 bridgehead atoms. The van der Waals surface area contributed by atoms with Crippen molar-refractivity contribution in [3.63, 3.8) is 0 Å². The first-order valence-electron chi connectivity index (χ1n) is 14.1. The molecule has 0 radical (unpaired) electrons. The van der Waals surface area contributed by atoms with E-state index >= 15 is 0 Å². The van der Waals surface area contributed by atoms with E-state index in [4.69, 9.17) is 0 Å². The van der Waals surface area contributed by atoms with Gasteiger partial charge in [0.15, 0.2) is 0 Å². The molecule has 0 aromatic rings. The molecule has 0 aromatic carbocycles. The number of carboxylic acid groups (broad SMARTS) is 1. The van der Waals surface area contributed by atoms with Crippen molar-refractivity contribution in [3.05, 3.63) is 34.4 Å². The summed E-state index contributed by atoms with van der Waals surface area (Å²) in [6.45, 7) is 19.7. The molecule has 2 fully saturated rings. The van der Waals surface area contributed by atoms with Gasteiger partial charge in [-0.3, -0.25) is 4.79 Å². The fraction of sp³-hybridized carbons (Fsp3) is 0.781. The highest BCUT2D eigenvalue weighted by Crippen LogP contribution is 2.75. The zero-order valence-corrected chi connectivity index (χ0v) is 24.2. The molecule has 0 amide bonds. The minimum atomic E-state index is -0.786. The standard InChI is InChI=1S/C32H50O4/c1-19(2)20(3)10-11-23(27(35)36)32(9)26(34)18-30(7)22-12-13-24-28(4,5)25(33)15-16-29(24,6)21(22)14-17-31(30,32)8/h12,14,23-26,33-34H,10-11,13,15-18H2,1-9H3,(H,35,36)/t23-,24-,25-,26+,29+,30-,31-,32-/m0/s1. The maximum atomic E-state index is 12.8. The first-order chi connectivity index (χ1) is 16.5. The maximum absolute atomic E-state index is 12.8. The number of hydrogen-bond acceptors (Lipinski definition) is 3. The third-order valence-corrected chi connectivity index (χ3v) is 12.6. The van der Waals surface area contributed by atoms with Gasteiger partial charge >= 0.3 is 5.97 Å². The van der Waals surface area contributed by atoms with Crippen molar-refractivity contribution in [3.8, 4) is 0 Å². The van der Waals surface area contributed by atoms with Crippen LogP contribution >= 0.6 is 0 Å². The normalized spacial score (nSPS) is 43.9. The Labute approximate surface area is 219 Å². The van der Waals surface area contributed by atoms with E-state index < -0.39 is 23.4 Å². The quantitative estimate of drug-likeness (QED) is 0.354. The van der Waals surface area contributed by atoms with Crippen molar-refractivity contribution in [2.45, 2.75) is 119 Å². The second kappa shape index (κ2) is 8.56. The monoisotopic (exact) mass is 498 g/mol. The lowest BCUT2D eigenvalue weighted by Gasteiger charge is -2.62. The second-order valence-electron chi connectivity index (χ2n) is 14.4. The SMILES string of the molecule is CC(C)=C(C)CC[C@@H](C(=O)O)[C@@]1(C)[C@H](O)C[C@@]2(C)C3=CC[C@H]4C(C)(C)[C@@H](O)CC[C@]4(C)C3=CC[C@]12C. The summed E-state index contributed by atoms with van der Waals surface area (Å²) in [7, 11) is 0. The number of fused-ring (bicyclic) bond motifs is 5. The van der Waals surface area contributed by atoms with E-state index in [0.717, 1.165) is 32.1 Å². The van der Waals surface area contributed by atoms with E-state index in [9.17, 15) is 20.1 Å². The highest BCUT2D eigenvalue weighted by atomic mass is 16.4. The highest BCUT2D eigenvalue weighted by Gasteiger charge is 2.71. The van der Waals surface area contributed by atoms with Crippen LogP contribution < -0.4 is 0 Å². The molecule has 4 aliphatic rings. The van der Waals surface area contributed by atoms with Crippen molar-refractivity contribution in [2.24, 2.45) is 38.9 Å². The first-order valence-corrected chi connectivity index (χ1v) is 14.1. The zero-order valence-electron chi connectivity index (χ0n) is 24.2. The van der Waals surface area contributed by atoms with Crippen LogP contribution in [0.25, 0.3) is 0 Å². The number of aliphatic carboxylic acids is 1. The number of hydrogen-bond donors (Lipinski definition) is 3. The molecule has 202 valence electrons. The lowest BCUT2D eigenvalue weighted by Crippen LogP contribution is -2.56. The molecule has 0 unspecified atom stereocenters. The molecule has 8 atom stereocenters. The van der Waals surface area contributed by atoms with Crippen LogP contribution in [-0.4, -0.2) is 33.5 Å². The summed E-state index contributed by atoms with van der Waals surface area (Å²) < 4.78 is 0. The predicted octanol–water partition coefficient (Wildman–Crippen LogP) is 7.07. The average Bonchev–Trinajstić information content (AvgIpc) is 2.94. The molecule has 0 aromatic heterocycles. The molecular weight excluding hydrogens is 448 g/mol. The third-order valence-electron chi connectivity index (χ3n) is 12.6. The van der Waals surface area contributed by atoms with Gasteiger partial charge in [0.05, 0.1) is 18.1 Å². The fourth-order valence-corrected chi connectivity index (χ4v) is 9.29. The Hall–Kier alpha value is -1.39. The van der Waals surface area contributed by atoms with E-state index in [1.165, 1.54) is 22.3 Å². The molecule has 0 aliphatic heterocycles.